The first-order valence-corrected chi connectivity index (χ1v) is 5.12. The largest absolute Gasteiger partial charge is 0.224 e. The Bertz CT molecular complexity index is 396. The molecule has 0 bridgehead atoms. The Kier molecular flexibility index (Phi) is 2.19. The molecule has 0 amide bonds. The molecule has 0 atom stereocenters. The van der Waals surface area contributed by atoms with Crippen molar-refractivity contribution in [3.05, 3.63) is 36.5 Å². The smallest absolute Gasteiger partial charge is 0.175 e. The Morgan fingerprint density at radius 3 is 2.42 bits per heavy atom. The van der Waals surface area contributed by atoms with Crippen LogP contribution in [-0.2, 0) is 9.84 Å². The van der Waals surface area contributed by atoms with Crippen molar-refractivity contribution in [1.82, 2.24) is 0 Å². The van der Waals surface area contributed by atoms with Crippen molar-refractivity contribution in [1.29, 1.82) is 0 Å². The van der Waals surface area contributed by atoms with E-state index in [-0.39, 0.29) is 4.90 Å². The van der Waals surface area contributed by atoms with Crippen LogP contribution in [0.2, 0.25) is 0 Å². The highest BCUT2D eigenvalue weighted by Gasteiger charge is 2.10. The van der Waals surface area contributed by atoms with E-state index in [9.17, 15) is 12.8 Å². The molecule has 0 heterocycles. The van der Waals surface area contributed by atoms with Gasteiger partial charge in [0.15, 0.2) is 9.84 Å². The zero-order valence-electron chi connectivity index (χ0n) is 6.54. The number of halogens is 1. The van der Waals surface area contributed by atoms with Gasteiger partial charge >= 0.3 is 0 Å². The summed E-state index contributed by atoms with van der Waals surface area (Å²) >= 11 is 0. The molecule has 1 aromatic carbocycles. The molecular weight excluding hydrogens is 179 g/mol. The second-order valence-corrected chi connectivity index (χ2v) is 4.51. The van der Waals surface area contributed by atoms with Crippen LogP contribution < -0.4 is 0 Å². The van der Waals surface area contributed by atoms with Crippen LogP contribution in [0.4, 0.5) is 4.39 Å². The van der Waals surface area contributed by atoms with Gasteiger partial charge in [-0.05, 0) is 24.6 Å². The molecule has 12 heavy (non-hydrogen) atoms. The minimum Gasteiger partial charge on any atom is -0.224 e. The fourth-order valence-corrected chi connectivity index (χ4v) is 1.74. The second kappa shape index (κ2) is 2.86. The number of sulfone groups is 1. The van der Waals surface area contributed by atoms with Gasteiger partial charge in [0.05, 0.1) is 4.90 Å². The molecule has 0 saturated heterocycles. The first-order chi connectivity index (χ1) is 5.41. The van der Waals surface area contributed by atoms with Crippen LogP contribution in [0.5, 0.6) is 0 Å². The third-order valence-corrected chi connectivity index (χ3v) is 2.61. The monoisotopic (exact) mass is 187 g/mol. The van der Waals surface area contributed by atoms with Crippen LogP contribution in [0.1, 0.15) is 5.56 Å². The molecule has 0 spiro atoms. The molecule has 0 fully saturated rings. The highest BCUT2D eigenvalue weighted by molar-refractivity contribution is 7.90. The molecule has 0 aromatic heterocycles. The van der Waals surface area contributed by atoms with Crippen molar-refractivity contribution < 1.29 is 12.8 Å². The first kappa shape index (κ1) is 9.19. The van der Waals surface area contributed by atoms with E-state index in [1.165, 1.54) is 12.1 Å². The van der Waals surface area contributed by atoms with E-state index < -0.39 is 15.7 Å². The second-order valence-electron chi connectivity index (χ2n) is 2.52. The average Bonchev–Trinajstić information content (AvgIpc) is 1.92. The summed E-state index contributed by atoms with van der Waals surface area (Å²) in [7, 11) is -3.36. The summed E-state index contributed by atoms with van der Waals surface area (Å²) in [5.41, 5.74) is 0.318. The molecule has 0 aliphatic carbocycles. The van der Waals surface area contributed by atoms with Gasteiger partial charge in [-0.25, -0.2) is 12.8 Å². The number of hydrogen-bond acceptors (Lipinski definition) is 2. The van der Waals surface area contributed by atoms with Gasteiger partial charge in [0.2, 0.25) is 0 Å². The average molecular weight is 187 g/mol. The van der Waals surface area contributed by atoms with Crippen LogP contribution in [0.25, 0.3) is 0 Å². The Morgan fingerprint density at radius 2 is 2.00 bits per heavy atom. The van der Waals surface area contributed by atoms with Crippen LogP contribution in [0.15, 0.2) is 23.1 Å². The van der Waals surface area contributed by atoms with Gasteiger partial charge in [0.25, 0.3) is 0 Å². The molecule has 0 N–H and O–H groups in total. The maximum atomic E-state index is 12.6. The summed E-state index contributed by atoms with van der Waals surface area (Å²) in [6.45, 7) is 3.48. The van der Waals surface area contributed by atoms with Crippen LogP contribution in [-0.4, -0.2) is 14.7 Å². The summed E-state index contributed by atoms with van der Waals surface area (Å²) in [4.78, 5) is -0.0532. The standard InChI is InChI=1S/C8H8FO2S/c1-6-3-4-7(9)5-8(6)12(2,10)11/h3-5H,1H2,2H3. The number of benzene rings is 1. The number of hydrogen-bond donors (Lipinski definition) is 0. The molecule has 2 nitrogen and oxygen atoms in total. The van der Waals surface area contributed by atoms with Crippen molar-refractivity contribution >= 4 is 9.84 Å². The molecule has 0 aliphatic heterocycles. The highest BCUT2D eigenvalue weighted by atomic mass is 32.2. The van der Waals surface area contributed by atoms with Crippen LogP contribution >= 0.6 is 0 Å². The Hall–Kier alpha value is -0.900. The van der Waals surface area contributed by atoms with Crippen molar-refractivity contribution in [3.8, 4) is 0 Å². The Balaban J connectivity index is 3.43. The Morgan fingerprint density at radius 1 is 1.42 bits per heavy atom. The Labute approximate surface area is 71.0 Å². The van der Waals surface area contributed by atoms with Gasteiger partial charge in [-0.2, -0.15) is 0 Å². The zero-order valence-corrected chi connectivity index (χ0v) is 7.36. The van der Waals surface area contributed by atoms with E-state index in [0.29, 0.717) is 5.56 Å². The zero-order chi connectivity index (χ0) is 9.35. The lowest BCUT2D eigenvalue weighted by Gasteiger charge is -2.01. The van der Waals surface area contributed by atoms with Gasteiger partial charge in [-0.3, -0.25) is 0 Å². The van der Waals surface area contributed by atoms with E-state index in [0.717, 1.165) is 12.3 Å². The topological polar surface area (TPSA) is 34.1 Å². The van der Waals surface area contributed by atoms with Gasteiger partial charge < -0.3 is 0 Å². The normalized spacial score (nSPS) is 11.6. The molecule has 0 unspecified atom stereocenters. The number of rotatable bonds is 1. The van der Waals surface area contributed by atoms with E-state index >= 15 is 0 Å². The van der Waals surface area contributed by atoms with Gasteiger partial charge in [0, 0.05) is 6.26 Å². The van der Waals surface area contributed by atoms with Crippen molar-refractivity contribution in [2.75, 3.05) is 6.26 Å². The molecule has 1 rings (SSSR count). The van der Waals surface area contributed by atoms with E-state index in [1.54, 1.807) is 0 Å². The lowest BCUT2D eigenvalue weighted by molar-refractivity contribution is 0.595. The maximum Gasteiger partial charge on any atom is 0.175 e. The summed E-state index contributed by atoms with van der Waals surface area (Å²) in [5, 5.41) is 0. The van der Waals surface area contributed by atoms with E-state index in [4.69, 9.17) is 0 Å². The lowest BCUT2D eigenvalue weighted by atomic mass is 10.2. The summed E-state index contributed by atoms with van der Waals surface area (Å²) < 4.78 is 34.6. The molecule has 1 aromatic rings. The summed E-state index contributed by atoms with van der Waals surface area (Å²) in [6.07, 6.45) is 1.02. The van der Waals surface area contributed by atoms with Gasteiger partial charge in [0.1, 0.15) is 5.82 Å². The molecule has 0 aliphatic rings. The summed E-state index contributed by atoms with van der Waals surface area (Å²) in [5.74, 6) is -0.567. The fourth-order valence-electron chi connectivity index (χ4n) is 0.874. The third kappa shape index (κ3) is 1.82. The molecule has 1 radical (unpaired) electrons. The first-order valence-electron chi connectivity index (χ1n) is 3.23. The highest BCUT2D eigenvalue weighted by Crippen LogP contribution is 2.15. The fraction of sp³-hybridized carbons (Fsp3) is 0.125. The predicted octanol–water partition coefficient (Wildman–Crippen LogP) is 1.41. The summed E-state index contributed by atoms with van der Waals surface area (Å²) in [6, 6.07) is 3.49. The van der Waals surface area contributed by atoms with Crippen LogP contribution in [0.3, 0.4) is 0 Å². The third-order valence-electron chi connectivity index (χ3n) is 1.43. The van der Waals surface area contributed by atoms with Gasteiger partial charge in [-0.15, -0.1) is 0 Å². The van der Waals surface area contributed by atoms with Crippen molar-refractivity contribution in [2.24, 2.45) is 0 Å². The minimum absolute atomic E-state index is 0.0532. The molecule has 0 saturated carbocycles. The molecule has 4 heteroatoms. The maximum absolute atomic E-state index is 12.6. The van der Waals surface area contributed by atoms with Crippen LogP contribution in [0, 0.1) is 12.7 Å². The predicted molar refractivity (Wildman–Crippen MR) is 44.0 cm³/mol. The van der Waals surface area contributed by atoms with E-state index in [2.05, 4.69) is 6.92 Å². The SMILES string of the molecule is [CH2]c1ccc(F)cc1S(C)(=O)=O. The van der Waals surface area contributed by atoms with Gasteiger partial charge in [-0.1, -0.05) is 6.07 Å². The van der Waals surface area contributed by atoms with E-state index in [1.807, 2.05) is 0 Å². The molecule has 65 valence electrons. The van der Waals surface area contributed by atoms with Crippen molar-refractivity contribution in [3.63, 3.8) is 0 Å². The molecular formula is C8H8FO2S. The lowest BCUT2D eigenvalue weighted by Crippen LogP contribution is -2.00. The quantitative estimate of drug-likeness (QED) is 0.666. The minimum atomic E-state index is -3.36. The van der Waals surface area contributed by atoms with Crippen molar-refractivity contribution in [2.45, 2.75) is 4.90 Å².